The molecular weight excluding hydrogens is 320 g/mol. The Morgan fingerprint density at radius 3 is 3.08 bits per heavy atom. The predicted molar refractivity (Wildman–Crippen MR) is 95.5 cm³/mol. The van der Waals surface area contributed by atoms with E-state index in [1.54, 1.807) is 11.3 Å². The maximum absolute atomic E-state index is 12.4. The molecule has 1 amide bonds. The Morgan fingerprint density at radius 2 is 2.25 bits per heavy atom. The first-order valence-electron chi connectivity index (χ1n) is 8.41. The molecule has 0 radical (unpaired) electrons. The lowest BCUT2D eigenvalue weighted by Crippen LogP contribution is -2.28. The van der Waals surface area contributed by atoms with E-state index < -0.39 is 0 Å². The minimum absolute atomic E-state index is 0.0927. The number of nitrogens with one attached hydrogen (secondary N) is 1. The van der Waals surface area contributed by atoms with Crippen LogP contribution in [-0.4, -0.2) is 27.2 Å². The van der Waals surface area contributed by atoms with E-state index in [1.165, 1.54) is 16.8 Å². The smallest absolute Gasteiger partial charge is 0.271 e. The predicted octanol–water partition coefficient (Wildman–Crippen LogP) is 3.36. The number of nitrogens with zero attached hydrogens (tertiary/aromatic N) is 3. The third-order valence-electron chi connectivity index (χ3n) is 4.45. The summed E-state index contributed by atoms with van der Waals surface area (Å²) in [5, 5.41) is 8.49. The zero-order valence-corrected chi connectivity index (χ0v) is 14.5. The number of carbonyl (C=O) groups is 1. The van der Waals surface area contributed by atoms with Crippen molar-refractivity contribution in [3.05, 3.63) is 46.7 Å². The summed E-state index contributed by atoms with van der Waals surface area (Å²) in [4.78, 5) is 17.0. The quantitative estimate of drug-likeness (QED) is 0.792. The van der Waals surface area contributed by atoms with E-state index in [9.17, 15) is 4.79 Å². The van der Waals surface area contributed by atoms with Gasteiger partial charge in [-0.3, -0.25) is 9.48 Å². The van der Waals surface area contributed by atoms with Gasteiger partial charge in [0, 0.05) is 24.7 Å². The van der Waals surface area contributed by atoms with Crippen molar-refractivity contribution in [1.82, 2.24) is 20.1 Å². The van der Waals surface area contributed by atoms with Gasteiger partial charge >= 0.3 is 0 Å². The first-order chi connectivity index (χ1) is 11.7. The number of fused-ring (bicyclic) bond motifs is 2. The summed E-state index contributed by atoms with van der Waals surface area (Å²) in [6, 6.07) is 10.1. The van der Waals surface area contributed by atoms with Crippen molar-refractivity contribution in [3.8, 4) is 0 Å². The maximum Gasteiger partial charge on any atom is 0.271 e. The Morgan fingerprint density at radius 1 is 1.38 bits per heavy atom. The van der Waals surface area contributed by atoms with Gasteiger partial charge in [0.05, 0.1) is 15.2 Å². The van der Waals surface area contributed by atoms with Crippen LogP contribution in [-0.2, 0) is 13.0 Å². The second-order valence-electron chi connectivity index (χ2n) is 6.33. The molecule has 2 aromatic heterocycles. The number of hydrogen-bond donors (Lipinski definition) is 1. The van der Waals surface area contributed by atoms with Gasteiger partial charge in [0.2, 0.25) is 0 Å². The topological polar surface area (TPSA) is 59.8 Å². The second-order valence-corrected chi connectivity index (χ2v) is 7.39. The largest absolute Gasteiger partial charge is 0.350 e. The van der Waals surface area contributed by atoms with Crippen LogP contribution in [0.1, 0.15) is 46.9 Å². The minimum Gasteiger partial charge on any atom is -0.350 e. The molecule has 0 saturated carbocycles. The fourth-order valence-corrected chi connectivity index (χ4v) is 4.07. The van der Waals surface area contributed by atoms with Crippen LogP contribution in [0.15, 0.2) is 30.3 Å². The second kappa shape index (κ2) is 6.36. The van der Waals surface area contributed by atoms with E-state index in [0.717, 1.165) is 29.9 Å². The van der Waals surface area contributed by atoms with Gasteiger partial charge in [-0.15, -0.1) is 11.3 Å². The first-order valence-corrected chi connectivity index (χ1v) is 9.23. The number of aryl methyl sites for hydroxylation is 2. The molecule has 0 fully saturated rings. The van der Waals surface area contributed by atoms with Crippen molar-refractivity contribution in [1.29, 1.82) is 0 Å². The highest BCUT2D eigenvalue weighted by atomic mass is 32.1. The van der Waals surface area contributed by atoms with Gasteiger partial charge in [0.1, 0.15) is 5.69 Å². The molecule has 0 unspecified atom stereocenters. The van der Waals surface area contributed by atoms with Gasteiger partial charge in [-0.05, 0) is 37.5 Å². The van der Waals surface area contributed by atoms with Crippen molar-refractivity contribution in [2.75, 3.05) is 6.54 Å². The van der Waals surface area contributed by atoms with Gasteiger partial charge < -0.3 is 5.32 Å². The third-order valence-corrected chi connectivity index (χ3v) is 5.72. The highest BCUT2D eigenvalue weighted by Gasteiger charge is 2.18. The summed E-state index contributed by atoms with van der Waals surface area (Å²) in [5.74, 6) is 0.0912. The number of carbonyl (C=O) groups excluding carboxylic acids is 1. The number of hydrogen-bond acceptors (Lipinski definition) is 4. The highest BCUT2D eigenvalue weighted by molar-refractivity contribution is 7.18. The van der Waals surface area contributed by atoms with E-state index in [-0.39, 0.29) is 11.8 Å². The molecule has 124 valence electrons. The van der Waals surface area contributed by atoms with Gasteiger partial charge in [-0.2, -0.15) is 5.10 Å². The first kappa shape index (κ1) is 15.3. The van der Waals surface area contributed by atoms with E-state index in [2.05, 4.69) is 28.4 Å². The van der Waals surface area contributed by atoms with Gasteiger partial charge in [0.25, 0.3) is 5.91 Å². The summed E-state index contributed by atoms with van der Waals surface area (Å²) < 4.78 is 3.16. The van der Waals surface area contributed by atoms with Crippen LogP contribution in [0.3, 0.4) is 0 Å². The highest BCUT2D eigenvalue weighted by Crippen LogP contribution is 2.26. The van der Waals surface area contributed by atoms with E-state index in [1.807, 2.05) is 28.9 Å². The Hall–Kier alpha value is -2.21. The van der Waals surface area contributed by atoms with Crippen LogP contribution in [0.25, 0.3) is 10.2 Å². The normalized spacial score (nSPS) is 15.2. The molecule has 3 aromatic rings. The van der Waals surface area contributed by atoms with Crippen LogP contribution < -0.4 is 5.32 Å². The van der Waals surface area contributed by atoms with Gasteiger partial charge in [0.15, 0.2) is 0 Å². The molecule has 6 heteroatoms. The maximum atomic E-state index is 12.4. The summed E-state index contributed by atoms with van der Waals surface area (Å²) in [6.07, 6.45) is 3.34. The number of amides is 1. The standard InChI is InChI=1S/C18H20N4OS/c1-12(18-20-14-7-2-3-8-16(14)24-18)11-19-17(23)15-10-13-6-4-5-9-22(13)21-15/h2-3,7-8,10,12H,4-6,9,11H2,1H3,(H,19,23)/t12-/m0/s1. The van der Waals surface area contributed by atoms with Gasteiger partial charge in [-0.25, -0.2) is 4.98 Å². The molecule has 1 aliphatic rings. The molecule has 0 aliphatic carbocycles. The van der Waals surface area contributed by atoms with Crippen molar-refractivity contribution >= 4 is 27.5 Å². The summed E-state index contributed by atoms with van der Waals surface area (Å²) in [7, 11) is 0. The SMILES string of the molecule is C[C@@H](CNC(=O)c1cc2n(n1)CCCC2)c1nc2ccccc2s1. The molecule has 5 nitrogen and oxygen atoms in total. The summed E-state index contributed by atoms with van der Waals surface area (Å²) in [6.45, 7) is 3.59. The fourth-order valence-electron chi connectivity index (χ4n) is 3.05. The lowest BCUT2D eigenvalue weighted by molar-refractivity contribution is 0.0945. The molecule has 0 saturated heterocycles. The summed E-state index contributed by atoms with van der Waals surface area (Å²) in [5.41, 5.74) is 2.73. The zero-order valence-electron chi connectivity index (χ0n) is 13.7. The van der Waals surface area contributed by atoms with Crippen molar-refractivity contribution in [2.45, 2.75) is 38.6 Å². The molecule has 0 bridgehead atoms. The lowest BCUT2D eigenvalue weighted by Gasteiger charge is -2.11. The monoisotopic (exact) mass is 340 g/mol. The number of thiazole rings is 1. The van der Waals surface area contributed by atoms with Crippen molar-refractivity contribution in [2.24, 2.45) is 0 Å². The molecule has 4 rings (SSSR count). The van der Waals surface area contributed by atoms with Crippen molar-refractivity contribution in [3.63, 3.8) is 0 Å². The van der Waals surface area contributed by atoms with Crippen LogP contribution in [0.2, 0.25) is 0 Å². The number of para-hydroxylation sites is 1. The third kappa shape index (κ3) is 2.94. The molecule has 1 aliphatic heterocycles. The van der Waals surface area contributed by atoms with Crippen LogP contribution in [0.5, 0.6) is 0 Å². The average Bonchev–Trinajstić information content (AvgIpc) is 3.23. The molecule has 24 heavy (non-hydrogen) atoms. The Kier molecular flexibility index (Phi) is 4.06. The van der Waals surface area contributed by atoms with Crippen LogP contribution in [0, 0.1) is 0 Å². The van der Waals surface area contributed by atoms with Gasteiger partial charge in [-0.1, -0.05) is 19.1 Å². The van der Waals surface area contributed by atoms with Crippen LogP contribution >= 0.6 is 11.3 Å². The number of aromatic nitrogens is 3. The number of benzene rings is 1. The number of rotatable bonds is 4. The average molecular weight is 340 g/mol. The van der Waals surface area contributed by atoms with Crippen LogP contribution in [0.4, 0.5) is 0 Å². The molecule has 1 aromatic carbocycles. The molecule has 1 N–H and O–H groups in total. The lowest BCUT2D eigenvalue weighted by atomic mass is 10.1. The Labute approximate surface area is 144 Å². The minimum atomic E-state index is -0.0927. The fraction of sp³-hybridized carbons (Fsp3) is 0.389. The van der Waals surface area contributed by atoms with E-state index in [0.29, 0.717) is 12.2 Å². The van der Waals surface area contributed by atoms with E-state index >= 15 is 0 Å². The molecule has 0 spiro atoms. The molecular formula is C18H20N4OS. The Balaban J connectivity index is 1.42. The summed E-state index contributed by atoms with van der Waals surface area (Å²) >= 11 is 1.69. The zero-order chi connectivity index (χ0) is 16.5. The van der Waals surface area contributed by atoms with Crippen molar-refractivity contribution < 1.29 is 4.79 Å². The molecule has 3 heterocycles. The Bertz CT molecular complexity index is 826. The molecule has 1 atom stereocenters. The van der Waals surface area contributed by atoms with E-state index in [4.69, 9.17) is 0 Å².